The number of nitrogens with zero attached hydrogens (tertiary/aromatic N) is 5. The minimum Gasteiger partial charge on any atom is -0.453 e. The summed E-state index contributed by atoms with van der Waals surface area (Å²) in [7, 11) is 5.06. The van der Waals surface area contributed by atoms with Crippen LogP contribution >= 0.6 is 0 Å². The van der Waals surface area contributed by atoms with Crippen LogP contribution in [0.15, 0.2) is 70.0 Å². The molecule has 2 aromatic carbocycles. The first-order chi connectivity index (χ1) is 21.3. The van der Waals surface area contributed by atoms with E-state index < -0.39 is 41.3 Å². The van der Waals surface area contributed by atoms with Crippen LogP contribution in [-0.4, -0.2) is 64.8 Å². The second kappa shape index (κ2) is 13.5. The second-order valence-corrected chi connectivity index (χ2v) is 11.5. The molecule has 0 unspecified atom stereocenters. The van der Waals surface area contributed by atoms with Gasteiger partial charge in [-0.05, 0) is 43.0 Å². The van der Waals surface area contributed by atoms with E-state index in [1.54, 1.807) is 38.1 Å². The highest BCUT2D eigenvalue weighted by Crippen LogP contribution is 2.32. The number of rotatable bonds is 11. The summed E-state index contributed by atoms with van der Waals surface area (Å²) in [6, 6.07) is 15.7. The summed E-state index contributed by atoms with van der Waals surface area (Å²) >= 11 is 0. The van der Waals surface area contributed by atoms with Gasteiger partial charge in [-0.25, -0.2) is 9.78 Å². The van der Waals surface area contributed by atoms with Crippen molar-refractivity contribution in [2.24, 2.45) is 5.92 Å². The van der Waals surface area contributed by atoms with E-state index >= 15 is 0 Å². The highest BCUT2D eigenvalue weighted by molar-refractivity contribution is 5.98. The number of anilines is 2. The summed E-state index contributed by atoms with van der Waals surface area (Å²) in [5.74, 6) is -1.85. The number of benzene rings is 2. The molecule has 13 nitrogen and oxygen atoms in total. The smallest absolute Gasteiger partial charge is 0.412 e. The van der Waals surface area contributed by atoms with E-state index in [1.807, 2.05) is 63.2 Å². The Kier molecular flexibility index (Phi) is 9.80. The van der Waals surface area contributed by atoms with E-state index in [4.69, 9.17) is 4.42 Å². The van der Waals surface area contributed by atoms with Crippen molar-refractivity contribution < 1.29 is 23.5 Å². The summed E-state index contributed by atoms with van der Waals surface area (Å²) in [6.45, 7) is 6.90. The molecule has 0 aliphatic heterocycles. The Labute approximate surface area is 260 Å². The molecule has 0 aliphatic carbocycles. The van der Waals surface area contributed by atoms with Gasteiger partial charge in [-0.2, -0.15) is 0 Å². The van der Waals surface area contributed by atoms with Gasteiger partial charge in [0, 0.05) is 19.8 Å². The zero-order chi connectivity index (χ0) is 32.9. The third-order valence-corrected chi connectivity index (χ3v) is 7.37. The molecule has 45 heavy (non-hydrogen) atoms. The molecule has 2 amide bonds. The molecule has 0 fully saturated rings. The van der Waals surface area contributed by atoms with Crippen molar-refractivity contribution in [1.29, 1.82) is 0 Å². The summed E-state index contributed by atoms with van der Waals surface area (Å²) in [6.07, 6.45) is 0.483. The Morgan fingerprint density at radius 2 is 1.69 bits per heavy atom. The molecular formula is C32H37N7O6. The number of carbonyl (C=O) groups is 3. The average molecular weight is 616 g/mol. The number of carbonyl (C=O) groups excluding carboxylic acids is 3. The molecule has 0 radical (unpaired) electrons. The summed E-state index contributed by atoms with van der Waals surface area (Å²) in [5.41, 5.74) is 1.48. The molecule has 13 heteroatoms. The zero-order valence-electron chi connectivity index (χ0n) is 26.3. The van der Waals surface area contributed by atoms with Gasteiger partial charge >= 0.3 is 6.09 Å². The second-order valence-electron chi connectivity index (χ2n) is 11.5. The number of nitrogens with one attached hydrogen (secondary N) is 2. The van der Waals surface area contributed by atoms with E-state index in [0.717, 1.165) is 18.4 Å². The Morgan fingerprint density at radius 3 is 2.29 bits per heavy atom. The van der Waals surface area contributed by atoms with E-state index in [9.17, 15) is 19.2 Å². The SMILES string of the molecule is COC(=O)Nc1ncc(-c2ccccc2)n(CC(=O)N[C@@H](C(=O)c2nnc(C(C)(C)c3ccc(N(C)C)cc3)o2)C(C)C)c1=O. The van der Waals surface area contributed by atoms with E-state index in [2.05, 4.69) is 30.6 Å². The zero-order valence-corrected chi connectivity index (χ0v) is 26.3. The Morgan fingerprint density at radius 1 is 1.02 bits per heavy atom. The highest BCUT2D eigenvalue weighted by atomic mass is 16.5. The minimum absolute atomic E-state index is 0.238. The van der Waals surface area contributed by atoms with Gasteiger partial charge in [-0.15, -0.1) is 10.2 Å². The quantitative estimate of drug-likeness (QED) is 0.237. The van der Waals surface area contributed by atoms with Gasteiger partial charge in [-0.1, -0.05) is 56.3 Å². The van der Waals surface area contributed by atoms with E-state index in [0.29, 0.717) is 11.3 Å². The van der Waals surface area contributed by atoms with Crippen LogP contribution in [0.1, 0.15) is 49.8 Å². The van der Waals surface area contributed by atoms with Crippen LogP contribution < -0.4 is 21.1 Å². The fourth-order valence-electron chi connectivity index (χ4n) is 4.62. The van der Waals surface area contributed by atoms with Crippen LogP contribution in [0.25, 0.3) is 11.3 Å². The minimum atomic E-state index is -1.03. The van der Waals surface area contributed by atoms with Crippen molar-refractivity contribution in [3.63, 3.8) is 0 Å². The van der Waals surface area contributed by atoms with E-state index in [1.165, 1.54) is 10.8 Å². The van der Waals surface area contributed by atoms with Gasteiger partial charge in [0.05, 0.1) is 30.5 Å². The topological polar surface area (TPSA) is 162 Å². The summed E-state index contributed by atoms with van der Waals surface area (Å²) < 4.78 is 11.6. The van der Waals surface area contributed by atoms with Gasteiger partial charge in [0.15, 0.2) is 0 Å². The standard InChI is InChI=1S/C32H37N7O6/c1-19(2)25(26(41)28-36-37-30(45-28)32(3,4)21-13-15-22(16-14-21)38(5)6)34-24(40)18-39-23(20-11-9-8-10-12-20)17-33-27(29(39)42)35-31(43)44-7/h8-17,19,25H,18H2,1-7H3,(H,34,40)(H,33,35,43)/t25-/m1/s1. The fraction of sp³-hybridized carbons (Fsp3) is 0.344. The summed E-state index contributed by atoms with van der Waals surface area (Å²) in [4.78, 5) is 58.1. The third-order valence-electron chi connectivity index (χ3n) is 7.37. The van der Waals surface area contributed by atoms with Crippen molar-refractivity contribution in [2.75, 3.05) is 31.4 Å². The first-order valence-corrected chi connectivity index (χ1v) is 14.3. The van der Waals surface area contributed by atoms with Crippen LogP contribution in [0.4, 0.5) is 16.3 Å². The first kappa shape index (κ1) is 32.6. The van der Waals surface area contributed by atoms with Crippen LogP contribution in [0.5, 0.6) is 0 Å². The average Bonchev–Trinajstić information content (AvgIpc) is 3.53. The van der Waals surface area contributed by atoms with Crippen molar-refractivity contribution in [1.82, 2.24) is 25.1 Å². The number of hydrogen-bond acceptors (Lipinski definition) is 10. The number of ether oxygens (including phenoxy) is 1. The van der Waals surface area contributed by atoms with Crippen LogP contribution in [0, 0.1) is 5.92 Å². The maximum absolute atomic E-state index is 13.6. The highest BCUT2D eigenvalue weighted by Gasteiger charge is 2.34. The maximum Gasteiger partial charge on any atom is 0.412 e. The van der Waals surface area contributed by atoms with Crippen LogP contribution in [0.2, 0.25) is 0 Å². The number of Topliss-reactive ketones (excluding diaryl/α,β-unsaturated/α-hetero) is 1. The molecule has 1 atom stereocenters. The van der Waals surface area contributed by atoms with Crippen molar-refractivity contribution in [3.8, 4) is 11.3 Å². The lowest BCUT2D eigenvalue weighted by atomic mass is 9.84. The number of methoxy groups -OCH3 is 1. The van der Waals surface area contributed by atoms with Gasteiger partial charge in [-0.3, -0.25) is 24.3 Å². The van der Waals surface area contributed by atoms with Crippen molar-refractivity contribution in [3.05, 3.63) is 88.5 Å². The lowest BCUT2D eigenvalue weighted by Gasteiger charge is -2.22. The maximum atomic E-state index is 13.6. The predicted octanol–water partition coefficient (Wildman–Crippen LogP) is 3.89. The first-order valence-electron chi connectivity index (χ1n) is 14.3. The Hall–Kier alpha value is -5.33. The van der Waals surface area contributed by atoms with Gasteiger partial charge in [0.1, 0.15) is 6.54 Å². The molecule has 0 saturated carbocycles. The predicted molar refractivity (Wildman–Crippen MR) is 168 cm³/mol. The molecule has 2 N–H and O–H groups in total. The largest absolute Gasteiger partial charge is 0.453 e. The fourth-order valence-corrected chi connectivity index (χ4v) is 4.62. The number of hydrogen-bond donors (Lipinski definition) is 2. The lowest BCUT2D eigenvalue weighted by molar-refractivity contribution is -0.122. The van der Waals surface area contributed by atoms with Gasteiger partial charge in [0.25, 0.3) is 11.4 Å². The molecule has 236 valence electrons. The molecule has 4 rings (SSSR count). The van der Waals surface area contributed by atoms with Gasteiger partial charge in [0.2, 0.25) is 23.4 Å². The lowest BCUT2D eigenvalue weighted by Crippen LogP contribution is -2.46. The van der Waals surface area contributed by atoms with Crippen molar-refractivity contribution >= 4 is 29.3 Å². The monoisotopic (exact) mass is 615 g/mol. The summed E-state index contributed by atoms with van der Waals surface area (Å²) in [5, 5.41) is 13.2. The van der Waals surface area contributed by atoms with E-state index in [-0.39, 0.29) is 23.5 Å². The molecule has 0 bridgehead atoms. The van der Waals surface area contributed by atoms with Gasteiger partial charge < -0.3 is 19.4 Å². The van der Waals surface area contributed by atoms with Crippen molar-refractivity contribution in [2.45, 2.75) is 45.7 Å². The number of amides is 2. The van der Waals surface area contributed by atoms with Crippen LogP contribution in [-0.2, 0) is 21.5 Å². The molecule has 2 heterocycles. The molecule has 0 aliphatic rings. The Balaban J connectivity index is 1.58. The molecule has 2 aromatic heterocycles. The number of aromatic nitrogens is 4. The molecule has 0 spiro atoms. The van der Waals surface area contributed by atoms with Crippen LogP contribution in [0.3, 0.4) is 0 Å². The number of ketones is 1. The molecular weight excluding hydrogens is 578 g/mol. The molecule has 4 aromatic rings. The molecule has 0 saturated heterocycles. The third kappa shape index (κ3) is 7.25. The Bertz CT molecular complexity index is 1730. The normalized spacial score (nSPS) is 12.0.